The van der Waals surface area contributed by atoms with E-state index in [4.69, 9.17) is 0 Å². The molecule has 1 N–H and O–H groups in total. The van der Waals surface area contributed by atoms with Gasteiger partial charge >= 0.3 is 0 Å². The largest absolute Gasteiger partial charge is 0.378 e. The quantitative estimate of drug-likeness (QED) is 0.560. The summed E-state index contributed by atoms with van der Waals surface area (Å²) in [5.74, 6) is 6.30. The molecule has 0 saturated heterocycles. The van der Waals surface area contributed by atoms with Gasteiger partial charge in [0.25, 0.3) is 0 Å². The van der Waals surface area contributed by atoms with Crippen LogP contribution in [0.5, 0.6) is 0 Å². The second kappa shape index (κ2) is 6.73. The molecule has 126 valence electrons. The molecule has 3 aromatic heterocycles. The number of rotatable bonds is 2. The first-order valence-electron chi connectivity index (χ1n) is 8.39. The highest BCUT2D eigenvalue weighted by Crippen LogP contribution is 2.26. The highest BCUT2D eigenvalue weighted by atomic mass is 15.1. The number of fused-ring (bicyclic) bond motifs is 1. The molecule has 0 radical (unpaired) electrons. The molecule has 0 bridgehead atoms. The minimum Gasteiger partial charge on any atom is -0.378 e. The van der Waals surface area contributed by atoms with Gasteiger partial charge in [-0.25, -0.2) is 9.97 Å². The predicted molar refractivity (Wildman–Crippen MR) is 106 cm³/mol. The number of H-pyrrole nitrogens is 1. The van der Waals surface area contributed by atoms with Crippen molar-refractivity contribution in [2.24, 2.45) is 0 Å². The molecule has 0 fully saturated rings. The van der Waals surface area contributed by atoms with E-state index >= 15 is 0 Å². The van der Waals surface area contributed by atoms with Gasteiger partial charge in [0.15, 0.2) is 0 Å². The first-order chi connectivity index (χ1) is 12.7. The highest BCUT2D eigenvalue weighted by molar-refractivity contribution is 5.87. The zero-order valence-corrected chi connectivity index (χ0v) is 14.7. The number of aromatic amines is 1. The fourth-order valence-corrected chi connectivity index (χ4v) is 2.78. The van der Waals surface area contributed by atoms with Crippen LogP contribution in [0, 0.1) is 11.8 Å². The molecule has 0 aliphatic heterocycles. The van der Waals surface area contributed by atoms with Crippen molar-refractivity contribution in [2.45, 2.75) is 0 Å². The first kappa shape index (κ1) is 15.9. The van der Waals surface area contributed by atoms with Gasteiger partial charge in [0.2, 0.25) is 0 Å². The van der Waals surface area contributed by atoms with Crippen LogP contribution in [-0.2, 0) is 0 Å². The summed E-state index contributed by atoms with van der Waals surface area (Å²) in [5.41, 5.74) is 5.89. The molecule has 0 spiro atoms. The van der Waals surface area contributed by atoms with Crippen molar-refractivity contribution in [3.8, 4) is 23.0 Å². The average Bonchev–Trinajstić information content (AvgIpc) is 3.09. The number of aromatic nitrogens is 3. The van der Waals surface area contributed by atoms with Crippen LogP contribution < -0.4 is 4.90 Å². The SMILES string of the molecule is CN(C)c1ccc(-c2cnc3[nH]cc(C#Cc4ccccn4)c3c2)cc1. The lowest BCUT2D eigenvalue weighted by Gasteiger charge is -2.12. The smallest absolute Gasteiger partial charge is 0.138 e. The summed E-state index contributed by atoms with van der Waals surface area (Å²) in [6.07, 6.45) is 5.53. The third-order valence-electron chi connectivity index (χ3n) is 4.24. The van der Waals surface area contributed by atoms with Crippen LogP contribution in [0.1, 0.15) is 11.3 Å². The fourth-order valence-electron chi connectivity index (χ4n) is 2.78. The van der Waals surface area contributed by atoms with E-state index < -0.39 is 0 Å². The van der Waals surface area contributed by atoms with Gasteiger partial charge in [-0.1, -0.05) is 24.1 Å². The molecule has 0 unspecified atom stereocenters. The van der Waals surface area contributed by atoms with Crippen LogP contribution in [0.25, 0.3) is 22.2 Å². The third kappa shape index (κ3) is 3.15. The van der Waals surface area contributed by atoms with Gasteiger partial charge in [-0.15, -0.1) is 0 Å². The lowest BCUT2D eigenvalue weighted by Crippen LogP contribution is -2.07. The number of nitrogens with one attached hydrogen (secondary N) is 1. The van der Waals surface area contributed by atoms with E-state index in [0.717, 1.165) is 33.4 Å². The molecule has 0 amide bonds. The summed E-state index contributed by atoms with van der Waals surface area (Å²) < 4.78 is 0. The van der Waals surface area contributed by atoms with Crippen LogP contribution in [0.4, 0.5) is 5.69 Å². The zero-order valence-electron chi connectivity index (χ0n) is 14.7. The Labute approximate surface area is 152 Å². The van der Waals surface area contributed by atoms with Crippen LogP contribution in [0.2, 0.25) is 0 Å². The number of hydrogen-bond acceptors (Lipinski definition) is 3. The predicted octanol–water partition coefficient (Wildman–Crippen LogP) is 4.09. The van der Waals surface area contributed by atoms with Gasteiger partial charge in [0.1, 0.15) is 11.3 Å². The van der Waals surface area contributed by atoms with Gasteiger partial charge in [0, 0.05) is 49.3 Å². The summed E-state index contributed by atoms with van der Waals surface area (Å²) in [5, 5.41) is 1.02. The maximum absolute atomic E-state index is 4.54. The van der Waals surface area contributed by atoms with Crippen molar-refractivity contribution in [1.29, 1.82) is 0 Å². The summed E-state index contributed by atoms with van der Waals surface area (Å²) in [7, 11) is 4.07. The van der Waals surface area contributed by atoms with Crippen molar-refractivity contribution < 1.29 is 0 Å². The average molecular weight is 338 g/mol. The van der Waals surface area contributed by atoms with Gasteiger partial charge in [-0.05, 0) is 41.8 Å². The van der Waals surface area contributed by atoms with Crippen molar-refractivity contribution in [2.75, 3.05) is 19.0 Å². The Hall–Kier alpha value is -3.58. The summed E-state index contributed by atoms with van der Waals surface area (Å²) in [4.78, 5) is 14.1. The Kier molecular flexibility index (Phi) is 4.12. The number of nitrogens with zero attached hydrogens (tertiary/aromatic N) is 3. The molecule has 4 nitrogen and oxygen atoms in total. The Morgan fingerprint density at radius 3 is 2.50 bits per heavy atom. The van der Waals surface area contributed by atoms with Gasteiger partial charge < -0.3 is 9.88 Å². The summed E-state index contributed by atoms with van der Waals surface area (Å²) in [6, 6.07) is 16.3. The number of benzene rings is 1. The van der Waals surface area contributed by atoms with Crippen molar-refractivity contribution >= 4 is 16.7 Å². The van der Waals surface area contributed by atoms with E-state index in [2.05, 4.69) is 62.0 Å². The van der Waals surface area contributed by atoms with Gasteiger partial charge in [0.05, 0.1) is 5.56 Å². The molecule has 4 aromatic rings. The lowest BCUT2D eigenvalue weighted by molar-refractivity contribution is 1.13. The molecule has 1 aromatic carbocycles. The first-order valence-corrected chi connectivity index (χ1v) is 8.39. The fraction of sp³-hybridized carbons (Fsp3) is 0.0909. The van der Waals surface area contributed by atoms with Crippen molar-refractivity contribution in [3.63, 3.8) is 0 Å². The molecule has 0 aliphatic rings. The normalized spacial score (nSPS) is 10.4. The molecule has 0 aliphatic carbocycles. The maximum atomic E-state index is 4.54. The lowest BCUT2D eigenvalue weighted by atomic mass is 10.1. The van der Waals surface area contributed by atoms with E-state index in [-0.39, 0.29) is 0 Å². The van der Waals surface area contributed by atoms with Gasteiger partial charge in [-0.3, -0.25) is 0 Å². The molecule has 4 rings (SSSR count). The third-order valence-corrected chi connectivity index (χ3v) is 4.24. The van der Waals surface area contributed by atoms with E-state index in [0.29, 0.717) is 0 Å². The Morgan fingerprint density at radius 2 is 1.77 bits per heavy atom. The minimum absolute atomic E-state index is 0.755. The van der Waals surface area contributed by atoms with Crippen LogP contribution >= 0.6 is 0 Å². The molecule has 0 atom stereocenters. The van der Waals surface area contributed by atoms with E-state index in [1.54, 1.807) is 6.20 Å². The van der Waals surface area contributed by atoms with Crippen LogP contribution in [0.15, 0.2) is 67.1 Å². The zero-order chi connectivity index (χ0) is 17.9. The number of hydrogen-bond donors (Lipinski definition) is 1. The standard InChI is InChI=1S/C22H18N4/c1-26(2)20-10-7-16(8-11-20)18-13-21-17(14-24-22(21)25-15-18)6-9-19-5-3-4-12-23-19/h3-5,7-8,10-15H,1-2H3,(H,24,25). The Bertz CT molecular complexity index is 1100. The second-order valence-electron chi connectivity index (χ2n) is 6.23. The minimum atomic E-state index is 0.755. The topological polar surface area (TPSA) is 44.8 Å². The highest BCUT2D eigenvalue weighted by Gasteiger charge is 2.06. The van der Waals surface area contributed by atoms with Crippen LogP contribution in [0.3, 0.4) is 0 Å². The van der Waals surface area contributed by atoms with E-state index in [9.17, 15) is 0 Å². The molecule has 26 heavy (non-hydrogen) atoms. The van der Waals surface area contributed by atoms with Crippen molar-refractivity contribution in [3.05, 3.63) is 78.4 Å². The Balaban J connectivity index is 1.72. The second-order valence-corrected chi connectivity index (χ2v) is 6.23. The van der Waals surface area contributed by atoms with Gasteiger partial charge in [-0.2, -0.15) is 0 Å². The van der Waals surface area contributed by atoms with Crippen molar-refractivity contribution in [1.82, 2.24) is 15.0 Å². The molecule has 0 saturated carbocycles. The molecule has 3 heterocycles. The van der Waals surface area contributed by atoms with E-state index in [1.807, 2.05) is 44.7 Å². The van der Waals surface area contributed by atoms with E-state index in [1.165, 1.54) is 5.69 Å². The maximum Gasteiger partial charge on any atom is 0.138 e. The number of anilines is 1. The molecular weight excluding hydrogens is 320 g/mol. The van der Waals surface area contributed by atoms with Crippen LogP contribution in [-0.4, -0.2) is 29.0 Å². The summed E-state index contributed by atoms with van der Waals surface area (Å²) >= 11 is 0. The summed E-state index contributed by atoms with van der Waals surface area (Å²) in [6.45, 7) is 0. The number of pyridine rings is 2. The Morgan fingerprint density at radius 1 is 0.923 bits per heavy atom. The molecular formula is C22H18N4. The monoisotopic (exact) mass is 338 g/mol. The molecule has 4 heteroatoms.